The van der Waals surface area contributed by atoms with Crippen LogP contribution in [0.3, 0.4) is 0 Å². The summed E-state index contributed by atoms with van der Waals surface area (Å²) in [5.41, 5.74) is 3.81. The highest BCUT2D eigenvalue weighted by Crippen LogP contribution is 2.26. The molecule has 0 bridgehead atoms. The number of hydrogen-bond acceptors (Lipinski definition) is 3. The molecule has 0 fully saturated rings. The van der Waals surface area contributed by atoms with Gasteiger partial charge in [-0.3, -0.25) is 9.69 Å². The fraction of sp³-hybridized carbons (Fsp3) is 0.280. The van der Waals surface area contributed by atoms with E-state index in [-0.39, 0.29) is 11.9 Å². The summed E-state index contributed by atoms with van der Waals surface area (Å²) in [7, 11) is 0. The molecular weight excluding hydrogens is 390 g/mol. The molecule has 1 aromatic heterocycles. The van der Waals surface area contributed by atoms with E-state index < -0.39 is 0 Å². The van der Waals surface area contributed by atoms with E-state index >= 15 is 0 Å². The van der Waals surface area contributed by atoms with Crippen molar-refractivity contribution in [2.45, 2.75) is 32.1 Å². The predicted octanol–water partition coefficient (Wildman–Crippen LogP) is 4.56. The molecule has 2 aromatic carbocycles. The van der Waals surface area contributed by atoms with Gasteiger partial charge in [-0.15, -0.1) is 0 Å². The number of hydrogen-bond donors (Lipinski definition) is 2. The number of benzene rings is 2. The van der Waals surface area contributed by atoms with Gasteiger partial charge in [0.15, 0.2) is 0 Å². The largest absolute Gasteiger partial charge is 0.469 e. The Morgan fingerprint density at radius 1 is 0.968 bits per heavy atom. The topological polar surface area (TPSA) is 74.6 Å². The van der Waals surface area contributed by atoms with Crippen LogP contribution in [0.1, 0.15) is 29.7 Å². The zero-order chi connectivity index (χ0) is 21.5. The van der Waals surface area contributed by atoms with E-state index in [4.69, 9.17) is 4.42 Å². The number of amides is 3. The van der Waals surface area contributed by atoms with Crippen LogP contribution in [0.25, 0.3) is 0 Å². The van der Waals surface area contributed by atoms with Crippen LogP contribution in [0.5, 0.6) is 0 Å². The molecule has 4 rings (SSSR count). The van der Waals surface area contributed by atoms with Crippen molar-refractivity contribution < 1.29 is 14.0 Å². The average molecular weight is 418 g/mol. The highest BCUT2D eigenvalue weighted by Gasteiger charge is 2.20. The minimum atomic E-state index is -0.127. The van der Waals surface area contributed by atoms with E-state index in [1.807, 2.05) is 59.5 Å². The molecule has 2 N–H and O–H groups in total. The third-order valence-electron chi connectivity index (χ3n) is 5.45. The number of aryl methyl sites for hydroxylation is 1. The van der Waals surface area contributed by atoms with Gasteiger partial charge in [0.25, 0.3) is 0 Å². The first-order chi connectivity index (χ1) is 15.2. The van der Waals surface area contributed by atoms with Crippen molar-refractivity contribution >= 4 is 23.3 Å². The first-order valence-electron chi connectivity index (χ1n) is 10.7. The monoisotopic (exact) mass is 417 g/mol. The summed E-state index contributed by atoms with van der Waals surface area (Å²) in [5.74, 6) is 0.817. The Bertz CT molecular complexity index is 1010. The molecule has 3 aromatic rings. The second-order valence-corrected chi connectivity index (χ2v) is 7.72. The molecule has 2 heterocycles. The summed E-state index contributed by atoms with van der Waals surface area (Å²) in [4.78, 5) is 26.9. The molecular formula is C25H27N3O3. The summed E-state index contributed by atoms with van der Waals surface area (Å²) in [6.07, 6.45) is 5.66. The molecule has 0 saturated carbocycles. The molecule has 6 nitrogen and oxygen atoms in total. The van der Waals surface area contributed by atoms with E-state index in [1.54, 1.807) is 6.26 Å². The lowest BCUT2D eigenvalue weighted by Gasteiger charge is -2.23. The summed E-state index contributed by atoms with van der Waals surface area (Å²) in [6.45, 7) is 1.25. The minimum Gasteiger partial charge on any atom is -0.469 e. The second-order valence-electron chi connectivity index (χ2n) is 7.72. The highest BCUT2D eigenvalue weighted by molar-refractivity contribution is 6.02. The first kappa shape index (κ1) is 20.7. The van der Waals surface area contributed by atoms with Crippen molar-refractivity contribution in [3.8, 4) is 0 Å². The molecule has 31 heavy (non-hydrogen) atoms. The number of carbonyl (C=O) groups excluding carboxylic acids is 2. The zero-order valence-electron chi connectivity index (χ0n) is 17.5. The van der Waals surface area contributed by atoms with Crippen LogP contribution in [-0.4, -0.2) is 25.0 Å². The molecule has 0 aliphatic carbocycles. The third-order valence-corrected chi connectivity index (χ3v) is 5.45. The SMILES string of the molecule is O=C(Cc1ccc(NC(=O)N2CCCCc3ccccc32)cc1)NCCc1ccco1. The van der Waals surface area contributed by atoms with Crippen molar-refractivity contribution in [1.29, 1.82) is 0 Å². The fourth-order valence-corrected chi connectivity index (χ4v) is 3.83. The maximum Gasteiger partial charge on any atom is 0.326 e. The van der Waals surface area contributed by atoms with Crippen LogP contribution in [-0.2, 0) is 24.1 Å². The van der Waals surface area contributed by atoms with Gasteiger partial charge in [-0.05, 0) is 60.7 Å². The average Bonchev–Trinajstić information content (AvgIpc) is 3.19. The number of fused-ring (bicyclic) bond motifs is 1. The molecule has 1 aliphatic rings. The number of nitrogens with one attached hydrogen (secondary N) is 2. The zero-order valence-corrected chi connectivity index (χ0v) is 17.5. The number of furan rings is 1. The molecule has 1 aliphatic heterocycles. The smallest absolute Gasteiger partial charge is 0.326 e. The Hall–Kier alpha value is -3.54. The number of nitrogens with zero attached hydrogens (tertiary/aromatic N) is 1. The summed E-state index contributed by atoms with van der Waals surface area (Å²) in [6, 6.07) is 19.1. The second kappa shape index (κ2) is 9.98. The van der Waals surface area contributed by atoms with Gasteiger partial charge >= 0.3 is 6.03 Å². The Labute approximate surface area is 182 Å². The van der Waals surface area contributed by atoms with E-state index in [2.05, 4.69) is 16.7 Å². The lowest BCUT2D eigenvalue weighted by Crippen LogP contribution is -2.35. The van der Waals surface area contributed by atoms with Gasteiger partial charge in [0.1, 0.15) is 5.76 Å². The van der Waals surface area contributed by atoms with Crippen LogP contribution in [0.2, 0.25) is 0 Å². The Morgan fingerprint density at radius 3 is 2.61 bits per heavy atom. The summed E-state index contributed by atoms with van der Waals surface area (Å²) >= 11 is 0. The van der Waals surface area contributed by atoms with Crippen LogP contribution in [0.15, 0.2) is 71.3 Å². The molecule has 3 amide bonds. The van der Waals surface area contributed by atoms with Crippen molar-refractivity contribution in [2.24, 2.45) is 0 Å². The van der Waals surface area contributed by atoms with Crippen LogP contribution < -0.4 is 15.5 Å². The summed E-state index contributed by atoms with van der Waals surface area (Å²) < 4.78 is 5.26. The quantitative estimate of drug-likeness (QED) is 0.618. The van der Waals surface area contributed by atoms with Gasteiger partial charge in [-0.25, -0.2) is 4.79 Å². The molecule has 0 radical (unpaired) electrons. The van der Waals surface area contributed by atoms with Gasteiger partial charge in [0.05, 0.1) is 12.7 Å². The number of rotatable bonds is 6. The maximum atomic E-state index is 12.9. The molecule has 0 atom stereocenters. The maximum absolute atomic E-state index is 12.9. The van der Waals surface area contributed by atoms with Crippen molar-refractivity contribution in [3.05, 3.63) is 83.8 Å². The number of carbonyl (C=O) groups is 2. The highest BCUT2D eigenvalue weighted by atomic mass is 16.3. The molecule has 0 unspecified atom stereocenters. The minimum absolute atomic E-state index is 0.0375. The first-order valence-corrected chi connectivity index (χ1v) is 10.7. The molecule has 0 spiro atoms. The summed E-state index contributed by atoms with van der Waals surface area (Å²) in [5, 5.41) is 5.89. The van der Waals surface area contributed by atoms with Gasteiger partial charge in [-0.1, -0.05) is 30.3 Å². The fourth-order valence-electron chi connectivity index (χ4n) is 3.83. The third kappa shape index (κ3) is 5.54. The predicted molar refractivity (Wildman–Crippen MR) is 121 cm³/mol. The lowest BCUT2D eigenvalue weighted by molar-refractivity contribution is -0.120. The van der Waals surface area contributed by atoms with E-state index in [1.165, 1.54) is 5.56 Å². The Kier molecular flexibility index (Phi) is 6.67. The van der Waals surface area contributed by atoms with Crippen molar-refractivity contribution in [3.63, 3.8) is 0 Å². The lowest BCUT2D eigenvalue weighted by atomic mass is 10.1. The molecule has 160 valence electrons. The Morgan fingerprint density at radius 2 is 1.81 bits per heavy atom. The van der Waals surface area contributed by atoms with Gasteiger partial charge in [-0.2, -0.15) is 0 Å². The number of urea groups is 1. The van der Waals surface area contributed by atoms with Crippen molar-refractivity contribution in [2.75, 3.05) is 23.3 Å². The van der Waals surface area contributed by atoms with Gasteiger partial charge in [0, 0.05) is 30.9 Å². The standard InChI is InChI=1S/C25H27N3O3/c29-24(26-15-14-22-8-5-17-31-22)18-19-10-12-21(13-11-19)27-25(30)28-16-4-3-7-20-6-1-2-9-23(20)28/h1-2,5-6,8-13,17H,3-4,7,14-16,18H2,(H,26,29)(H,27,30). The molecule has 0 saturated heterocycles. The number of para-hydroxylation sites is 1. The van der Waals surface area contributed by atoms with E-state index in [0.717, 1.165) is 36.3 Å². The van der Waals surface area contributed by atoms with Gasteiger partial charge < -0.3 is 15.1 Å². The van der Waals surface area contributed by atoms with Crippen LogP contribution in [0.4, 0.5) is 16.2 Å². The van der Waals surface area contributed by atoms with Crippen molar-refractivity contribution in [1.82, 2.24) is 5.32 Å². The van der Waals surface area contributed by atoms with Gasteiger partial charge in [0.2, 0.25) is 5.91 Å². The van der Waals surface area contributed by atoms with E-state index in [0.29, 0.717) is 31.6 Å². The molecule has 6 heteroatoms. The normalized spacial score (nSPS) is 13.2. The van der Waals surface area contributed by atoms with Crippen LogP contribution in [0, 0.1) is 0 Å². The van der Waals surface area contributed by atoms with E-state index in [9.17, 15) is 9.59 Å². The number of anilines is 2. The Balaban J connectivity index is 1.30. The van der Waals surface area contributed by atoms with Crippen LogP contribution >= 0.6 is 0 Å².